The SMILES string of the molecule is C[C@H](NS(C)(=O)=O)C(=O)N1CC(Oc2ccccc2Cl)C1. The van der Waals surface area contributed by atoms with Crippen LogP contribution in [0.1, 0.15) is 6.92 Å². The molecule has 0 unspecified atom stereocenters. The van der Waals surface area contributed by atoms with Gasteiger partial charge in [-0.25, -0.2) is 13.1 Å². The molecule has 1 N–H and O–H groups in total. The number of benzene rings is 1. The fourth-order valence-electron chi connectivity index (χ4n) is 2.06. The van der Waals surface area contributed by atoms with Crippen molar-refractivity contribution in [3.05, 3.63) is 29.3 Å². The Hall–Kier alpha value is -1.31. The minimum absolute atomic E-state index is 0.126. The molecule has 0 spiro atoms. The highest BCUT2D eigenvalue weighted by molar-refractivity contribution is 7.88. The van der Waals surface area contributed by atoms with Crippen molar-refractivity contribution in [1.29, 1.82) is 0 Å². The highest BCUT2D eigenvalue weighted by Crippen LogP contribution is 2.26. The summed E-state index contributed by atoms with van der Waals surface area (Å²) < 4.78 is 30.1. The first-order valence-electron chi connectivity index (χ1n) is 6.43. The van der Waals surface area contributed by atoms with Crippen LogP contribution in [0, 0.1) is 0 Å². The van der Waals surface area contributed by atoms with Gasteiger partial charge in [-0.2, -0.15) is 0 Å². The number of carbonyl (C=O) groups excluding carboxylic acids is 1. The summed E-state index contributed by atoms with van der Waals surface area (Å²) in [7, 11) is -3.40. The molecule has 0 bridgehead atoms. The van der Waals surface area contributed by atoms with Crippen LogP contribution in [0.4, 0.5) is 0 Å². The third-order valence-corrected chi connectivity index (χ3v) is 4.15. The van der Waals surface area contributed by atoms with Crippen LogP contribution in [0.3, 0.4) is 0 Å². The van der Waals surface area contributed by atoms with E-state index in [2.05, 4.69) is 4.72 Å². The molecular formula is C13H17ClN2O4S. The second-order valence-electron chi connectivity index (χ2n) is 5.03. The number of hydrogen-bond donors (Lipinski definition) is 1. The molecule has 0 aliphatic carbocycles. The molecule has 1 aromatic rings. The van der Waals surface area contributed by atoms with Crippen molar-refractivity contribution in [3.8, 4) is 5.75 Å². The van der Waals surface area contributed by atoms with Crippen molar-refractivity contribution < 1.29 is 17.9 Å². The minimum Gasteiger partial charge on any atom is -0.485 e. The normalized spacial score (nSPS) is 17.2. The molecule has 1 atom stereocenters. The minimum atomic E-state index is -3.40. The molecule has 21 heavy (non-hydrogen) atoms. The number of rotatable bonds is 5. The summed E-state index contributed by atoms with van der Waals surface area (Å²) in [5.74, 6) is 0.318. The first kappa shape index (κ1) is 16.1. The molecule has 1 heterocycles. The second kappa shape index (κ2) is 6.21. The van der Waals surface area contributed by atoms with E-state index in [9.17, 15) is 13.2 Å². The van der Waals surface area contributed by atoms with Gasteiger partial charge in [0.2, 0.25) is 15.9 Å². The molecule has 1 amide bonds. The third-order valence-electron chi connectivity index (χ3n) is 3.05. The number of carbonyl (C=O) groups is 1. The molecule has 0 aromatic heterocycles. The molecule has 1 aromatic carbocycles. The second-order valence-corrected chi connectivity index (χ2v) is 7.21. The van der Waals surface area contributed by atoms with Gasteiger partial charge in [0.15, 0.2) is 0 Å². The first-order chi connectivity index (χ1) is 9.76. The number of nitrogens with one attached hydrogen (secondary N) is 1. The molecule has 0 radical (unpaired) electrons. The van der Waals surface area contributed by atoms with Crippen molar-refractivity contribution in [2.45, 2.75) is 19.1 Å². The monoisotopic (exact) mass is 332 g/mol. The lowest BCUT2D eigenvalue weighted by atomic mass is 10.1. The number of ether oxygens (including phenoxy) is 1. The summed E-state index contributed by atoms with van der Waals surface area (Å²) in [5.41, 5.74) is 0. The Balaban J connectivity index is 1.84. The summed E-state index contributed by atoms with van der Waals surface area (Å²) in [5, 5.41) is 0.523. The summed E-state index contributed by atoms with van der Waals surface area (Å²) in [4.78, 5) is 13.5. The van der Waals surface area contributed by atoms with Gasteiger partial charge in [0.1, 0.15) is 11.9 Å². The van der Waals surface area contributed by atoms with Gasteiger partial charge in [0.05, 0.1) is 30.4 Å². The average Bonchev–Trinajstić information content (AvgIpc) is 2.32. The Kier molecular flexibility index (Phi) is 4.75. The standard InChI is InChI=1S/C13H17ClN2O4S/c1-9(15-21(2,18)19)13(17)16-7-10(8-16)20-12-6-4-3-5-11(12)14/h3-6,9-10,15H,7-8H2,1-2H3/t9-/m0/s1. The maximum atomic E-state index is 12.0. The number of likely N-dealkylation sites (tertiary alicyclic amines) is 1. The summed E-state index contributed by atoms with van der Waals surface area (Å²) in [6.07, 6.45) is 0.898. The molecule has 1 aliphatic rings. The van der Waals surface area contributed by atoms with Gasteiger partial charge in [-0.15, -0.1) is 0 Å². The average molecular weight is 333 g/mol. The molecule has 1 saturated heterocycles. The van der Waals surface area contributed by atoms with Gasteiger partial charge in [-0.1, -0.05) is 23.7 Å². The molecule has 116 valence electrons. The number of sulfonamides is 1. The van der Waals surface area contributed by atoms with Crippen molar-refractivity contribution in [3.63, 3.8) is 0 Å². The van der Waals surface area contributed by atoms with Crippen LogP contribution in [0.25, 0.3) is 0 Å². The van der Waals surface area contributed by atoms with Gasteiger partial charge in [-0.05, 0) is 19.1 Å². The number of hydrogen-bond acceptors (Lipinski definition) is 4. The number of amides is 1. The van der Waals surface area contributed by atoms with Crippen LogP contribution in [0.5, 0.6) is 5.75 Å². The molecule has 2 rings (SSSR count). The van der Waals surface area contributed by atoms with E-state index in [0.717, 1.165) is 6.26 Å². The zero-order valence-electron chi connectivity index (χ0n) is 11.7. The summed E-state index contributed by atoms with van der Waals surface area (Å²) in [6.45, 7) is 2.35. The van der Waals surface area contributed by atoms with Crippen LogP contribution < -0.4 is 9.46 Å². The number of para-hydroxylation sites is 1. The highest BCUT2D eigenvalue weighted by atomic mass is 35.5. The smallest absolute Gasteiger partial charge is 0.240 e. The van der Waals surface area contributed by atoms with E-state index in [-0.39, 0.29) is 12.0 Å². The molecule has 8 heteroatoms. The maximum absolute atomic E-state index is 12.0. The van der Waals surface area contributed by atoms with E-state index in [1.807, 2.05) is 12.1 Å². The van der Waals surface area contributed by atoms with Crippen molar-refractivity contribution in [2.75, 3.05) is 19.3 Å². The summed E-state index contributed by atoms with van der Waals surface area (Å²) >= 11 is 5.99. The molecule has 6 nitrogen and oxygen atoms in total. The predicted octanol–water partition coefficient (Wildman–Crippen LogP) is 0.867. The first-order valence-corrected chi connectivity index (χ1v) is 8.70. The number of nitrogens with zero attached hydrogens (tertiary/aromatic N) is 1. The Morgan fingerprint density at radius 1 is 1.43 bits per heavy atom. The topological polar surface area (TPSA) is 75.7 Å². The van der Waals surface area contributed by atoms with Gasteiger partial charge >= 0.3 is 0 Å². The Morgan fingerprint density at radius 2 is 2.05 bits per heavy atom. The van der Waals surface area contributed by atoms with E-state index in [1.54, 1.807) is 17.0 Å². The van der Waals surface area contributed by atoms with Crippen LogP contribution >= 0.6 is 11.6 Å². The zero-order chi connectivity index (χ0) is 15.6. The van der Waals surface area contributed by atoms with Gasteiger partial charge < -0.3 is 9.64 Å². The van der Waals surface area contributed by atoms with Crippen LogP contribution in [0.15, 0.2) is 24.3 Å². The van der Waals surface area contributed by atoms with Crippen molar-refractivity contribution in [1.82, 2.24) is 9.62 Å². The maximum Gasteiger partial charge on any atom is 0.240 e. The lowest BCUT2D eigenvalue weighted by molar-refractivity contribution is -0.141. The fourth-order valence-corrected chi connectivity index (χ4v) is 2.98. The van der Waals surface area contributed by atoms with E-state index < -0.39 is 16.1 Å². The third kappa shape index (κ3) is 4.33. The zero-order valence-corrected chi connectivity index (χ0v) is 13.3. The Bertz CT molecular complexity index is 629. The van der Waals surface area contributed by atoms with Gasteiger partial charge in [-0.3, -0.25) is 4.79 Å². The summed E-state index contributed by atoms with van der Waals surface area (Å²) in [6, 6.07) is 6.35. The highest BCUT2D eigenvalue weighted by Gasteiger charge is 2.35. The molecular weight excluding hydrogens is 316 g/mol. The van der Waals surface area contributed by atoms with Crippen LogP contribution in [-0.2, 0) is 14.8 Å². The predicted molar refractivity (Wildman–Crippen MR) is 79.9 cm³/mol. The van der Waals surface area contributed by atoms with E-state index in [0.29, 0.717) is 23.9 Å². The van der Waals surface area contributed by atoms with E-state index in [4.69, 9.17) is 16.3 Å². The number of halogens is 1. The molecule has 0 saturated carbocycles. The quantitative estimate of drug-likeness (QED) is 0.868. The van der Waals surface area contributed by atoms with Crippen molar-refractivity contribution in [2.24, 2.45) is 0 Å². The van der Waals surface area contributed by atoms with E-state index >= 15 is 0 Å². The lowest BCUT2D eigenvalue weighted by Gasteiger charge is -2.40. The Morgan fingerprint density at radius 3 is 2.62 bits per heavy atom. The van der Waals surface area contributed by atoms with E-state index in [1.165, 1.54) is 6.92 Å². The fraction of sp³-hybridized carbons (Fsp3) is 0.462. The lowest BCUT2D eigenvalue weighted by Crippen LogP contribution is -2.60. The molecule has 1 aliphatic heterocycles. The largest absolute Gasteiger partial charge is 0.485 e. The van der Waals surface area contributed by atoms with Crippen molar-refractivity contribution >= 4 is 27.5 Å². The van der Waals surface area contributed by atoms with Crippen LogP contribution in [-0.4, -0.2) is 50.7 Å². The molecule has 1 fully saturated rings. The van der Waals surface area contributed by atoms with Gasteiger partial charge in [0, 0.05) is 0 Å². The van der Waals surface area contributed by atoms with Crippen LogP contribution in [0.2, 0.25) is 5.02 Å². The Labute approximate surface area is 129 Å². The van der Waals surface area contributed by atoms with Gasteiger partial charge in [0.25, 0.3) is 0 Å².